The SMILES string of the molecule is CCC(C)Oc1ccc(-c2ccc(Oc3ccc(S(=O)(=O)c4ccc(C(C)(C)CC)cc4)cc3)cc2)cc1. The van der Waals surface area contributed by atoms with Gasteiger partial charge in [-0.1, -0.05) is 64.1 Å². The highest BCUT2D eigenvalue weighted by molar-refractivity contribution is 7.91. The summed E-state index contributed by atoms with van der Waals surface area (Å²) in [5, 5.41) is 0. The summed E-state index contributed by atoms with van der Waals surface area (Å²) < 4.78 is 38.1. The highest BCUT2D eigenvalue weighted by Gasteiger charge is 2.21. The van der Waals surface area contributed by atoms with Crippen LogP contribution in [0.5, 0.6) is 17.2 Å². The normalized spacial score (nSPS) is 12.7. The Hall–Kier alpha value is -3.57. The Balaban J connectivity index is 1.42. The molecule has 0 aliphatic carbocycles. The summed E-state index contributed by atoms with van der Waals surface area (Å²) in [5.74, 6) is 2.12. The first kappa shape index (κ1) is 27.5. The van der Waals surface area contributed by atoms with E-state index in [-0.39, 0.29) is 21.3 Å². The van der Waals surface area contributed by atoms with Crippen molar-refractivity contribution in [2.24, 2.45) is 0 Å². The fraction of sp³-hybridized carbons (Fsp3) is 0.273. The number of hydrogen-bond acceptors (Lipinski definition) is 4. The van der Waals surface area contributed by atoms with Crippen LogP contribution < -0.4 is 9.47 Å². The van der Waals surface area contributed by atoms with Gasteiger partial charge in [0.1, 0.15) is 17.2 Å². The van der Waals surface area contributed by atoms with Crippen molar-refractivity contribution < 1.29 is 17.9 Å². The Morgan fingerprint density at radius 3 is 1.53 bits per heavy atom. The van der Waals surface area contributed by atoms with E-state index in [1.807, 2.05) is 60.7 Å². The molecule has 0 aliphatic rings. The van der Waals surface area contributed by atoms with Gasteiger partial charge in [-0.05, 0) is 103 Å². The maximum atomic E-state index is 13.1. The lowest BCUT2D eigenvalue weighted by molar-refractivity contribution is 0.217. The molecular formula is C33H36O4S. The van der Waals surface area contributed by atoms with Gasteiger partial charge in [-0.2, -0.15) is 0 Å². The molecule has 1 unspecified atom stereocenters. The Bertz CT molecular complexity index is 1440. The zero-order valence-electron chi connectivity index (χ0n) is 22.8. The van der Waals surface area contributed by atoms with E-state index in [0.29, 0.717) is 11.5 Å². The van der Waals surface area contributed by atoms with E-state index in [1.165, 1.54) is 0 Å². The summed E-state index contributed by atoms with van der Waals surface area (Å²) >= 11 is 0. The Kier molecular flexibility index (Phi) is 8.27. The fourth-order valence-corrected chi connectivity index (χ4v) is 5.27. The van der Waals surface area contributed by atoms with E-state index in [4.69, 9.17) is 9.47 Å². The molecule has 0 radical (unpaired) electrons. The summed E-state index contributed by atoms with van der Waals surface area (Å²) in [4.78, 5) is 0.528. The molecule has 0 amide bonds. The van der Waals surface area contributed by atoms with Crippen LogP contribution in [0, 0.1) is 0 Å². The van der Waals surface area contributed by atoms with Gasteiger partial charge in [0.05, 0.1) is 15.9 Å². The van der Waals surface area contributed by atoms with Crippen molar-refractivity contribution >= 4 is 9.84 Å². The van der Waals surface area contributed by atoms with Gasteiger partial charge in [-0.25, -0.2) is 8.42 Å². The Morgan fingerprint density at radius 2 is 1.08 bits per heavy atom. The quantitative estimate of drug-likeness (QED) is 0.206. The summed E-state index contributed by atoms with van der Waals surface area (Å²) in [7, 11) is -3.61. The first-order chi connectivity index (χ1) is 18.1. The van der Waals surface area contributed by atoms with Crippen molar-refractivity contribution in [3.05, 3.63) is 103 Å². The van der Waals surface area contributed by atoms with E-state index >= 15 is 0 Å². The van der Waals surface area contributed by atoms with Crippen molar-refractivity contribution in [2.75, 3.05) is 0 Å². The summed E-state index contributed by atoms with van der Waals surface area (Å²) in [6.07, 6.45) is 2.13. The predicted molar refractivity (Wildman–Crippen MR) is 154 cm³/mol. The van der Waals surface area contributed by atoms with Crippen LogP contribution in [0.15, 0.2) is 107 Å². The van der Waals surface area contributed by atoms with Crippen LogP contribution >= 0.6 is 0 Å². The molecule has 5 heteroatoms. The number of benzene rings is 4. The molecule has 198 valence electrons. The van der Waals surface area contributed by atoms with E-state index in [0.717, 1.165) is 35.3 Å². The van der Waals surface area contributed by atoms with Crippen LogP contribution in [0.25, 0.3) is 11.1 Å². The molecular weight excluding hydrogens is 492 g/mol. The molecule has 0 fully saturated rings. The minimum atomic E-state index is -3.61. The molecule has 4 aromatic carbocycles. The van der Waals surface area contributed by atoms with Gasteiger partial charge >= 0.3 is 0 Å². The number of ether oxygens (including phenoxy) is 2. The van der Waals surface area contributed by atoms with Crippen molar-refractivity contribution in [2.45, 2.75) is 68.8 Å². The topological polar surface area (TPSA) is 52.6 Å². The van der Waals surface area contributed by atoms with Crippen LogP contribution in [-0.2, 0) is 15.3 Å². The fourth-order valence-electron chi connectivity index (χ4n) is 4.01. The van der Waals surface area contributed by atoms with E-state index in [9.17, 15) is 8.42 Å². The highest BCUT2D eigenvalue weighted by atomic mass is 32.2. The first-order valence-corrected chi connectivity index (χ1v) is 14.6. The maximum Gasteiger partial charge on any atom is 0.206 e. The second kappa shape index (κ2) is 11.4. The molecule has 0 aliphatic heterocycles. The van der Waals surface area contributed by atoms with Gasteiger partial charge in [0.2, 0.25) is 9.84 Å². The minimum Gasteiger partial charge on any atom is -0.491 e. The molecule has 4 nitrogen and oxygen atoms in total. The zero-order valence-corrected chi connectivity index (χ0v) is 23.6. The smallest absolute Gasteiger partial charge is 0.206 e. The molecule has 38 heavy (non-hydrogen) atoms. The second-order valence-corrected chi connectivity index (χ2v) is 12.2. The highest BCUT2D eigenvalue weighted by Crippen LogP contribution is 2.31. The molecule has 0 aromatic heterocycles. The maximum absolute atomic E-state index is 13.1. The van der Waals surface area contributed by atoms with Crippen LogP contribution in [0.4, 0.5) is 0 Å². The third kappa shape index (κ3) is 6.28. The summed E-state index contributed by atoms with van der Waals surface area (Å²) in [5.41, 5.74) is 3.30. The van der Waals surface area contributed by atoms with Gasteiger partial charge in [0.15, 0.2) is 0 Å². The van der Waals surface area contributed by atoms with Crippen LogP contribution in [0.2, 0.25) is 0 Å². The lowest BCUT2D eigenvalue weighted by atomic mass is 9.82. The Morgan fingerprint density at radius 1 is 0.658 bits per heavy atom. The zero-order chi connectivity index (χ0) is 27.3. The second-order valence-electron chi connectivity index (χ2n) is 10.2. The van der Waals surface area contributed by atoms with Crippen LogP contribution in [0.1, 0.15) is 53.0 Å². The van der Waals surface area contributed by atoms with Crippen molar-refractivity contribution in [1.29, 1.82) is 0 Å². The lowest BCUT2D eigenvalue weighted by Crippen LogP contribution is -2.15. The first-order valence-electron chi connectivity index (χ1n) is 13.1. The number of hydrogen-bond donors (Lipinski definition) is 0. The summed E-state index contributed by atoms with van der Waals surface area (Å²) in [6.45, 7) is 10.6. The molecule has 1 atom stereocenters. The molecule has 4 rings (SSSR count). The van der Waals surface area contributed by atoms with Crippen molar-refractivity contribution in [3.63, 3.8) is 0 Å². The average molecular weight is 529 g/mol. The van der Waals surface area contributed by atoms with Gasteiger partial charge in [0.25, 0.3) is 0 Å². The predicted octanol–water partition coefficient (Wildman–Crippen LogP) is 8.84. The van der Waals surface area contributed by atoms with Crippen molar-refractivity contribution in [1.82, 2.24) is 0 Å². The molecule has 0 bridgehead atoms. The molecule has 0 spiro atoms. The third-order valence-corrected chi connectivity index (χ3v) is 8.94. The molecule has 0 N–H and O–H groups in total. The van der Waals surface area contributed by atoms with E-state index in [1.54, 1.807) is 36.4 Å². The van der Waals surface area contributed by atoms with Gasteiger partial charge < -0.3 is 9.47 Å². The standard InChI is InChI=1S/C33H36O4S/c1-6-24(3)36-28-14-8-25(9-15-28)26-10-16-29(17-11-26)37-30-18-22-32(23-19-30)38(34,35)31-20-12-27(13-21-31)33(4,5)7-2/h8-24H,6-7H2,1-5H3. The van der Waals surface area contributed by atoms with E-state index < -0.39 is 9.84 Å². The van der Waals surface area contributed by atoms with Crippen LogP contribution in [-0.4, -0.2) is 14.5 Å². The Labute approximate surface area is 227 Å². The molecule has 0 saturated heterocycles. The van der Waals surface area contributed by atoms with Crippen LogP contribution in [0.3, 0.4) is 0 Å². The minimum absolute atomic E-state index is 0.00609. The largest absolute Gasteiger partial charge is 0.491 e. The van der Waals surface area contributed by atoms with Crippen molar-refractivity contribution in [3.8, 4) is 28.4 Å². The van der Waals surface area contributed by atoms with Gasteiger partial charge in [-0.15, -0.1) is 0 Å². The lowest BCUT2D eigenvalue weighted by Gasteiger charge is -2.23. The average Bonchev–Trinajstić information content (AvgIpc) is 2.94. The number of rotatable bonds is 10. The van der Waals surface area contributed by atoms with E-state index in [2.05, 4.69) is 34.6 Å². The molecule has 0 saturated carbocycles. The summed E-state index contributed by atoms with van der Waals surface area (Å²) in [6, 6.07) is 29.6. The van der Waals surface area contributed by atoms with Gasteiger partial charge in [-0.3, -0.25) is 0 Å². The molecule has 4 aromatic rings. The molecule has 0 heterocycles. The third-order valence-electron chi connectivity index (χ3n) is 7.15. The van der Waals surface area contributed by atoms with Gasteiger partial charge in [0, 0.05) is 0 Å². The monoisotopic (exact) mass is 528 g/mol. The number of sulfone groups is 1.